The summed E-state index contributed by atoms with van der Waals surface area (Å²) in [7, 11) is 1.65. The summed E-state index contributed by atoms with van der Waals surface area (Å²) >= 11 is 0. The molecular weight excluding hydrogens is 286 g/mol. The maximum absolute atomic E-state index is 12.6. The number of hydrogen-bond donors (Lipinski definition) is 0. The second kappa shape index (κ2) is 6.53. The third kappa shape index (κ3) is 2.78. The first-order valence-electron chi connectivity index (χ1n) is 7.57. The number of amides is 1. The molecule has 3 rings (SSSR count). The SMILES string of the molecule is C=C/C=C/C1C(=O)N(c2ccccc2)C1c1ccc(OC)cc1. The average Bonchev–Trinajstić information content (AvgIpc) is 2.61. The van der Waals surface area contributed by atoms with Crippen LogP contribution in [-0.2, 0) is 4.79 Å². The van der Waals surface area contributed by atoms with Crippen molar-refractivity contribution >= 4 is 11.6 Å². The molecule has 1 aliphatic rings. The van der Waals surface area contributed by atoms with Gasteiger partial charge in [-0.2, -0.15) is 0 Å². The van der Waals surface area contributed by atoms with Crippen molar-refractivity contribution in [3.8, 4) is 5.75 Å². The number of ether oxygens (including phenoxy) is 1. The highest BCUT2D eigenvalue weighted by Gasteiger charge is 2.47. The zero-order valence-corrected chi connectivity index (χ0v) is 13.1. The molecule has 23 heavy (non-hydrogen) atoms. The molecule has 116 valence electrons. The Hall–Kier alpha value is -2.81. The summed E-state index contributed by atoms with van der Waals surface area (Å²) in [4.78, 5) is 14.4. The normalized spacial score (nSPS) is 20.4. The highest BCUT2D eigenvalue weighted by Crippen LogP contribution is 2.44. The first-order chi connectivity index (χ1) is 11.3. The molecule has 1 amide bonds. The number of rotatable bonds is 5. The molecule has 3 heteroatoms. The summed E-state index contributed by atoms with van der Waals surface area (Å²) in [6, 6.07) is 17.6. The van der Waals surface area contributed by atoms with Crippen molar-refractivity contribution in [3.63, 3.8) is 0 Å². The lowest BCUT2D eigenvalue weighted by Crippen LogP contribution is -2.54. The van der Waals surface area contributed by atoms with E-state index in [9.17, 15) is 4.79 Å². The molecule has 0 bridgehead atoms. The Morgan fingerprint density at radius 1 is 1.09 bits per heavy atom. The molecule has 2 unspecified atom stereocenters. The van der Waals surface area contributed by atoms with E-state index >= 15 is 0 Å². The molecule has 0 aromatic heterocycles. The van der Waals surface area contributed by atoms with Crippen molar-refractivity contribution < 1.29 is 9.53 Å². The molecule has 1 saturated heterocycles. The van der Waals surface area contributed by atoms with Gasteiger partial charge in [0.05, 0.1) is 19.1 Å². The third-order valence-electron chi connectivity index (χ3n) is 4.09. The lowest BCUT2D eigenvalue weighted by Gasteiger charge is -2.46. The average molecular weight is 305 g/mol. The van der Waals surface area contributed by atoms with Gasteiger partial charge in [-0.15, -0.1) is 0 Å². The number of methoxy groups -OCH3 is 1. The van der Waals surface area contributed by atoms with E-state index in [1.54, 1.807) is 13.2 Å². The summed E-state index contributed by atoms with van der Waals surface area (Å²) in [5.41, 5.74) is 2.01. The molecule has 0 saturated carbocycles. The quantitative estimate of drug-likeness (QED) is 0.614. The van der Waals surface area contributed by atoms with Crippen LogP contribution in [0.1, 0.15) is 11.6 Å². The number of nitrogens with zero attached hydrogens (tertiary/aromatic N) is 1. The summed E-state index contributed by atoms with van der Waals surface area (Å²) in [5, 5.41) is 0. The van der Waals surface area contributed by atoms with Crippen LogP contribution in [0.2, 0.25) is 0 Å². The molecule has 0 N–H and O–H groups in total. The smallest absolute Gasteiger partial charge is 0.236 e. The predicted molar refractivity (Wildman–Crippen MR) is 92.5 cm³/mol. The van der Waals surface area contributed by atoms with Crippen LogP contribution < -0.4 is 9.64 Å². The zero-order valence-electron chi connectivity index (χ0n) is 13.1. The van der Waals surface area contributed by atoms with Crippen molar-refractivity contribution in [2.75, 3.05) is 12.0 Å². The van der Waals surface area contributed by atoms with Gasteiger partial charge in [0.15, 0.2) is 0 Å². The number of carbonyl (C=O) groups excluding carboxylic acids is 1. The topological polar surface area (TPSA) is 29.5 Å². The first-order valence-corrected chi connectivity index (χ1v) is 7.57. The highest BCUT2D eigenvalue weighted by molar-refractivity contribution is 6.04. The maximum atomic E-state index is 12.6. The number of hydrogen-bond acceptors (Lipinski definition) is 2. The highest BCUT2D eigenvalue weighted by atomic mass is 16.5. The van der Waals surface area contributed by atoms with Gasteiger partial charge in [0.1, 0.15) is 5.75 Å². The van der Waals surface area contributed by atoms with Crippen LogP contribution in [0, 0.1) is 5.92 Å². The molecule has 1 aliphatic heterocycles. The molecule has 2 aromatic carbocycles. The van der Waals surface area contributed by atoms with Gasteiger partial charge in [-0.3, -0.25) is 4.79 Å². The fourth-order valence-corrected chi connectivity index (χ4v) is 2.93. The van der Waals surface area contributed by atoms with Gasteiger partial charge in [-0.05, 0) is 29.8 Å². The Kier molecular flexibility index (Phi) is 4.29. The van der Waals surface area contributed by atoms with E-state index in [-0.39, 0.29) is 17.9 Å². The third-order valence-corrected chi connectivity index (χ3v) is 4.09. The molecule has 0 spiro atoms. The van der Waals surface area contributed by atoms with Crippen LogP contribution in [0.5, 0.6) is 5.75 Å². The van der Waals surface area contributed by atoms with E-state index in [1.165, 1.54) is 0 Å². The fraction of sp³-hybridized carbons (Fsp3) is 0.150. The number of para-hydroxylation sites is 1. The molecule has 1 heterocycles. The summed E-state index contributed by atoms with van der Waals surface area (Å²) in [6.45, 7) is 3.69. The first kappa shape index (κ1) is 15.1. The predicted octanol–water partition coefficient (Wildman–Crippen LogP) is 4.14. The molecule has 0 aliphatic carbocycles. The van der Waals surface area contributed by atoms with Gasteiger partial charge >= 0.3 is 0 Å². The van der Waals surface area contributed by atoms with Crippen LogP contribution in [0.15, 0.2) is 79.4 Å². The van der Waals surface area contributed by atoms with Crippen LogP contribution in [0.4, 0.5) is 5.69 Å². The number of benzene rings is 2. The lowest BCUT2D eigenvalue weighted by molar-refractivity contribution is -0.128. The minimum Gasteiger partial charge on any atom is -0.497 e. The van der Waals surface area contributed by atoms with E-state index in [0.717, 1.165) is 17.0 Å². The van der Waals surface area contributed by atoms with Crippen LogP contribution in [0.3, 0.4) is 0 Å². The summed E-state index contributed by atoms with van der Waals surface area (Å²) < 4.78 is 5.22. The van der Waals surface area contributed by atoms with E-state index in [0.29, 0.717) is 0 Å². The van der Waals surface area contributed by atoms with Gasteiger partial charge in [0.25, 0.3) is 0 Å². The van der Waals surface area contributed by atoms with E-state index in [1.807, 2.05) is 71.6 Å². The van der Waals surface area contributed by atoms with Crippen LogP contribution >= 0.6 is 0 Å². The number of β-lactam (4-membered cyclic amide) rings is 1. The molecule has 1 fully saturated rings. The maximum Gasteiger partial charge on any atom is 0.236 e. The fourth-order valence-electron chi connectivity index (χ4n) is 2.93. The van der Waals surface area contributed by atoms with Gasteiger partial charge in [-0.25, -0.2) is 0 Å². The summed E-state index contributed by atoms with van der Waals surface area (Å²) in [5.74, 6) is 0.751. The molecular formula is C20H19NO2. The Balaban J connectivity index is 1.97. The minimum absolute atomic E-state index is 0.00740. The molecule has 0 radical (unpaired) electrons. The molecule has 3 nitrogen and oxygen atoms in total. The summed E-state index contributed by atoms with van der Waals surface area (Å²) in [6.07, 6.45) is 5.45. The second-order valence-corrected chi connectivity index (χ2v) is 5.41. The van der Waals surface area contributed by atoms with Crippen molar-refractivity contribution in [3.05, 3.63) is 85.0 Å². The van der Waals surface area contributed by atoms with Crippen LogP contribution in [-0.4, -0.2) is 13.0 Å². The van der Waals surface area contributed by atoms with Gasteiger partial charge in [0.2, 0.25) is 5.91 Å². The Bertz CT molecular complexity index is 719. The largest absolute Gasteiger partial charge is 0.497 e. The lowest BCUT2D eigenvalue weighted by atomic mass is 9.81. The van der Waals surface area contributed by atoms with Crippen molar-refractivity contribution in [1.82, 2.24) is 0 Å². The van der Waals surface area contributed by atoms with Crippen molar-refractivity contribution in [2.24, 2.45) is 5.92 Å². The Morgan fingerprint density at radius 2 is 1.78 bits per heavy atom. The number of anilines is 1. The van der Waals surface area contributed by atoms with Crippen molar-refractivity contribution in [2.45, 2.75) is 6.04 Å². The minimum atomic E-state index is -0.165. The molecule has 2 atom stereocenters. The number of allylic oxidation sites excluding steroid dienone is 2. The van der Waals surface area contributed by atoms with E-state index in [2.05, 4.69) is 6.58 Å². The van der Waals surface area contributed by atoms with Gasteiger partial charge < -0.3 is 9.64 Å². The van der Waals surface area contributed by atoms with E-state index in [4.69, 9.17) is 4.74 Å². The monoisotopic (exact) mass is 305 g/mol. The van der Waals surface area contributed by atoms with Crippen LogP contribution in [0.25, 0.3) is 0 Å². The number of carbonyl (C=O) groups is 1. The van der Waals surface area contributed by atoms with E-state index < -0.39 is 0 Å². The second-order valence-electron chi connectivity index (χ2n) is 5.41. The van der Waals surface area contributed by atoms with Gasteiger partial charge in [-0.1, -0.05) is 55.1 Å². The molecule has 2 aromatic rings. The van der Waals surface area contributed by atoms with Crippen molar-refractivity contribution in [1.29, 1.82) is 0 Å². The zero-order chi connectivity index (χ0) is 16.2. The Labute approximate surface area is 136 Å². The van der Waals surface area contributed by atoms with Gasteiger partial charge in [0, 0.05) is 5.69 Å². The Morgan fingerprint density at radius 3 is 2.39 bits per heavy atom. The standard InChI is InChI=1S/C20H19NO2/c1-3-4-10-18-19(15-11-13-17(23-2)14-12-15)21(20(18)22)16-8-6-5-7-9-16/h3-14,18-19H,1H2,2H3/b10-4+.